The quantitative estimate of drug-likeness (QED) is 0.891. The van der Waals surface area contributed by atoms with E-state index >= 15 is 0 Å². The van der Waals surface area contributed by atoms with Crippen molar-refractivity contribution < 1.29 is 19.0 Å². The van der Waals surface area contributed by atoms with Crippen LogP contribution in [0.1, 0.15) is 34.6 Å². The Morgan fingerprint density at radius 2 is 1.80 bits per heavy atom. The van der Waals surface area contributed by atoms with Crippen LogP contribution in [0.25, 0.3) is 0 Å². The fourth-order valence-electron chi connectivity index (χ4n) is 1.56. The summed E-state index contributed by atoms with van der Waals surface area (Å²) < 4.78 is 16.1. The van der Waals surface area contributed by atoms with Crippen LogP contribution in [0.15, 0.2) is 18.2 Å². The summed E-state index contributed by atoms with van der Waals surface area (Å²) in [5, 5.41) is 2.68. The van der Waals surface area contributed by atoms with Crippen LogP contribution < -0.4 is 14.8 Å². The first-order chi connectivity index (χ1) is 9.35. The van der Waals surface area contributed by atoms with Gasteiger partial charge in [-0.1, -0.05) is 0 Å². The van der Waals surface area contributed by atoms with Gasteiger partial charge < -0.3 is 14.2 Å². The highest BCUT2D eigenvalue weighted by molar-refractivity contribution is 5.87. The molecule has 0 saturated heterocycles. The molecule has 1 rings (SSSR count). The average Bonchev–Trinajstić information content (AvgIpc) is 2.30. The Labute approximate surface area is 120 Å². The number of hydrogen-bond acceptors (Lipinski definition) is 4. The minimum atomic E-state index is -0.548. The largest absolute Gasteiger partial charge is 0.494 e. The molecule has 0 bridgehead atoms. The molecule has 0 saturated carbocycles. The molecule has 1 amide bonds. The summed E-state index contributed by atoms with van der Waals surface area (Å²) in [5.74, 6) is 1.25. The van der Waals surface area contributed by atoms with Crippen LogP contribution in [0.3, 0.4) is 0 Å². The lowest BCUT2D eigenvalue weighted by Crippen LogP contribution is -2.27. The number of ether oxygens (including phenoxy) is 3. The van der Waals surface area contributed by atoms with E-state index in [2.05, 4.69) is 5.32 Å². The maximum atomic E-state index is 11.8. The van der Waals surface area contributed by atoms with Crippen LogP contribution in [0.5, 0.6) is 11.5 Å². The molecular formula is C15H23NO4. The molecule has 0 unspecified atom stereocenters. The van der Waals surface area contributed by atoms with Crippen molar-refractivity contribution in [3.05, 3.63) is 18.2 Å². The van der Waals surface area contributed by atoms with Crippen molar-refractivity contribution >= 4 is 11.8 Å². The van der Waals surface area contributed by atoms with Crippen molar-refractivity contribution in [3.63, 3.8) is 0 Å². The third kappa shape index (κ3) is 5.38. The van der Waals surface area contributed by atoms with Crippen LogP contribution in [0.2, 0.25) is 0 Å². The number of rotatable bonds is 5. The second kappa shape index (κ2) is 7.03. The zero-order chi connectivity index (χ0) is 15.2. The maximum Gasteiger partial charge on any atom is 0.412 e. The fraction of sp³-hybridized carbons (Fsp3) is 0.533. The highest BCUT2D eigenvalue weighted by Crippen LogP contribution is 2.29. The monoisotopic (exact) mass is 281 g/mol. The highest BCUT2D eigenvalue weighted by atomic mass is 16.6. The van der Waals surface area contributed by atoms with Crippen molar-refractivity contribution in [2.75, 3.05) is 18.5 Å². The molecule has 1 aromatic rings. The molecule has 20 heavy (non-hydrogen) atoms. The molecule has 1 aromatic carbocycles. The van der Waals surface area contributed by atoms with E-state index in [1.165, 1.54) is 0 Å². The van der Waals surface area contributed by atoms with E-state index in [1.807, 2.05) is 34.6 Å². The van der Waals surface area contributed by atoms with Crippen LogP contribution in [-0.2, 0) is 4.74 Å². The first kappa shape index (κ1) is 16.1. The van der Waals surface area contributed by atoms with E-state index in [4.69, 9.17) is 14.2 Å². The third-order valence-electron chi connectivity index (χ3n) is 2.20. The fourth-order valence-corrected chi connectivity index (χ4v) is 1.56. The Morgan fingerprint density at radius 1 is 1.15 bits per heavy atom. The lowest BCUT2D eigenvalue weighted by molar-refractivity contribution is 0.0635. The smallest absolute Gasteiger partial charge is 0.412 e. The summed E-state index contributed by atoms with van der Waals surface area (Å²) in [6, 6.07) is 5.29. The molecule has 0 heterocycles. The number of hydrogen-bond donors (Lipinski definition) is 1. The first-order valence-corrected chi connectivity index (χ1v) is 6.75. The van der Waals surface area contributed by atoms with Gasteiger partial charge >= 0.3 is 6.09 Å². The highest BCUT2D eigenvalue weighted by Gasteiger charge is 2.18. The topological polar surface area (TPSA) is 56.8 Å². The summed E-state index contributed by atoms with van der Waals surface area (Å²) in [6.07, 6.45) is -0.521. The second-order valence-electron chi connectivity index (χ2n) is 5.15. The van der Waals surface area contributed by atoms with Crippen molar-refractivity contribution in [3.8, 4) is 11.5 Å². The Kier molecular flexibility index (Phi) is 5.67. The Bertz CT molecular complexity index is 452. The predicted octanol–water partition coefficient (Wildman–Crippen LogP) is 3.83. The summed E-state index contributed by atoms with van der Waals surface area (Å²) >= 11 is 0. The molecule has 0 radical (unpaired) electrons. The van der Waals surface area contributed by atoms with Gasteiger partial charge in [-0.15, -0.1) is 0 Å². The number of amides is 1. The molecule has 5 nitrogen and oxygen atoms in total. The van der Waals surface area contributed by atoms with E-state index in [1.54, 1.807) is 18.2 Å². The van der Waals surface area contributed by atoms with Gasteiger partial charge in [0.1, 0.15) is 17.1 Å². The molecule has 1 N–H and O–H groups in total. The summed E-state index contributed by atoms with van der Waals surface area (Å²) in [5.41, 5.74) is -0.0139. The Morgan fingerprint density at radius 3 is 2.35 bits per heavy atom. The normalized spacial score (nSPS) is 10.8. The van der Waals surface area contributed by atoms with Crippen LogP contribution in [0, 0.1) is 0 Å². The number of anilines is 1. The summed E-state index contributed by atoms with van der Waals surface area (Å²) in [7, 11) is 0. The van der Waals surface area contributed by atoms with Crippen LogP contribution in [-0.4, -0.2) is 24.9 Å². The van der Waals surface area contributed by atoms with Gasteiger partial charge in [-0.05, 0) is 46.8 Å². The van der Waals surface area contributed by atoms with Crippen LogP contribution >= 0.6 is 0 Å². The van der Waals surface area contributed by atoms with E-state index in [9.17, 15) is 4.79 Å². The number of nitrogens with one attached hydrogen (secondary N) is 1. The van der Waals surface area contributed by atoms with E-state index in [0.717, 1.165) is 0 Å². The summed E-state index contributed by atoms with van der Waals surface area (Å²) in [6.45, 7) is 10.3. The molecule has 112 valence electrons. The van der Waals surface area contributed by atoms with Crippen molar-refractivity contribution in [1.82, 2.24) is 0 Å². The van der Waals surface area contributed by atoms with Gasteiger partial charge in [0.05, 0.1) is 18.9 Å². The second-order valence-corrected chi connectivity index (χ2v) is 5.15. The molecule has 0 aliphatic rings. The standard InChI is InChI=1S/C15H23NO4/c1-6-18-11-8-9-13(19-7-2)12(10-11)16-14(17)20-15(3,4)5/h8-10H,6-7H2,1-5H3,(H,16,17). The predicted molar refractivity (Wildman–Crippen MR) is 78.6 cm³/mol. The van der Waals surface area contributed by atoms with E-state index in [0.29, 0.717) is 30.4 Å². The van der Waals surface area contributed by atoms with Crippen molar-refractivity contribution in [1.29, 1.82) is 0 Å². The van der Waals surface area contributed by atoms with Gasteiger partial charge in [-0.2, -0.15) is 0 Å². The lowest BCUT2D eigenvalue weighted by atomic mass is 10.2. The van der Waals surface area contributed by atoms with Gasteiger partial charge in [-0.25, -0.2) is 4.79 Å². The van der Waals surface area contributed by atoms with Gasteiger partial charge in [0, 0.05) is 6.07 Å². The SMILES string of the molecule is CCOc1ccc(OCC)c(NC(=O)OC(C)(C)C)c1. The molecule has 0 atom stereocenters. The zero-order valence-corrected chi connectivity index (χ0v) is 12.8. The minimum absolute atomic E-state index is 0.511. The van der Waals surface area contributed by atoms with Gasteiger partial charge in [0.25, 0.3) is 0 Å². The maximum absolute atomic E-state index is 11.8. The number of carbonyl (C=O) groups is 1. The Balaban J connectivity index is 2.88. The molecule has 0 aromatic heterocycles. The Hall–Kier alpha value is -1.91. The molecule has 0 aliphatic carbocycles. The molecular weight excluding hydrogens is 258 g/mol. The minimum Gasteiger partial charge on any atom is -0.494 e. The molecule has 0 aliphatic heterocycles. The molecule has 0 spiro atoms. The zero-order valence-electron chi connectivity index (χ0n) is 12.8. The van der Waals surface area contributed by atoms with Gasteiger partial charge in [-0.3, -0.25) is 5.32 Å². The summed E-state index contributed by atoms with van der Waals surface area (Å²) in [4.78, 5) is 11.8. The lowest BCUT2D eigenvalue weighted by Gasteiger charge is -2.20. The average molecular weight is 281 g/mol. The van der Waals surface area contributed by atoms with Gasteiger partial charge in [0.2, 0.25) is 0 Å². The number of benzene rings is 1. The van der Waals surface area contributed by atoms with Crippen molar-refractivity contribution in [2.24, 2.45) is 0 Å². The van der Waals surface area contributed by atoms with E-state index < -0.39 is 11.7 Å². The van der Waals surface area contributed by atoms with E-state index in [-0.39, 0.29) is 0 Å². The van der Waals surface area contributed by atoms with Crippen LogP contribution in [0.4, 0.5) is 10.5 Å². The van der Waals surface area contributed by atoms with Crippen molar-refractivity contribution in [2.45, 2.75) is 40.2 Å². The molecule has 5 heteroatoms. The number of carbonyl (C=O) groups excluding carboxylic acids is 1. The first-order valence-electron chi connectivity index (χ1n) is 6.75. The third-order valence-corrected chi connectivity index (χ3v) is 2.20. The van der Waals surface area contributed by atoms with Gasteiger partial charge in [0.15, 0.2) is 0 Å². The molecule has 0 fully saturated rings.